The molecule has 2 aromatic heterocycles. The van der Waals surface area contributed by atoms with Gasteiger partial charge in [-0.1, -0.05) is 17.4 Å². The molecule has 0 saturated carbocycles. The van der Waals surface area contributed by atoms with Gasteiger partial charge in [0.25, 0.3) is 5.91 Å². The van der Waals surface area contributed by atoms with Crippen LogP contribution in [0.1, 0.15) is 17.5 Å². The smallest absolute Gasteiger partial charge is 0.250 e. The van der Waals surface area contributed by atoms with Crippen LogP contribution in [0.15, 0.2) is 24.8 Å². The Kier molecular flexibility index (Phi) is 6.17. The number of benzene rings is 1. The average molecular weight is 415 g/mol. The monoisotopic (exact) mass is 414 g/mol. The molecule has 3 heterocycles. The third-order valence-electron chi connectivity index (χ3n) is 5.06. The first-order valence-electron chi connectivity index (χ1n) is 9.91. The number of aryl methyl sites for hydroxylation is 2. The van der Waals surface area contributed by atoms with E-state index in [2.05, 4.69) is 41.0 Å². The summed E-state index contributed by atoms with van der Waals surface area (Å²) in [6.07, 6.45) is 3.90. The first-order valence-corrected chi connectivity index (χ1v) is 10.7. The zero-order valence-electron chi connectivity index (χ0n) is 16.9. The summed E-state index contributed by atoms with van der Waals surface area (Å²) >= 11 is 1.58. The zero-order chi connectivity index (χ0) is 20.2. The van der Waals surface area contributed by atoms with Crippen LogP contribution >= 0.6 is 11.3 Å². The predicted molar refractivity (Wildman–Crippen MR) is 113 cm³/mol. The number of fused-ring (bicyclic) bond motifs is 1. The minimum Gasteiger partial charge on any atom is -0.379 e. The van der Waals surface area contributed by atoms with Crippen molar-refractivity contribution in [2.45, 2.75) is 26.8 Å². The number of nitrogens with zero attached hydrogens (tertiary/aromatic N) is 6. The quantitative estimate of drug-likeness (QED) is 0.590. The first-order chi connectivity index (χ1) is 14.1. The zero-order valence-corrected chi connectivity index (χ0v) is 17.7. The highest BCUT2D eigenvalue weighted by atomic mass is 32.1. The topological polar surface area (TPSA) is 76.4 Å². The summed E-state index contributed by atoms with van der Waals surface area (Å²) in [6.45, 7) is 9.36. The third-order valence-corrected chi connectivity index (χ3v) is 6.29. The second-order valence-corrected chi connectivity index (χ2v) is 8.35. The number of thiazole rings is 1. The van der Waals surface area contributed by atoms with Crippen molar-refractivity contribution >= 4 is 32.6 Å². The summed E-state index contributed by atoms with van der Waals surface area (Å²) in [6, 6.07) is 4.24. The minimum absolute atomic E-state index is 0.0223. The van der Waals surface area contributed by atoms with Crippen molar-refractivity contribution in [3.63, 3.8) is 0 Å². The van der Waals surface area contributed by atoms with Crippen LogP contribution in [-0.4, -0.2) is 69.9 Å². The van der Waals surface area contributed by atoms with Crippen LogP contribution in [0.2, 0.25) is 0 Å². The fourth-order valence-corrected chi connectivity index (χ4v) is 4.68. The van der Waals surface area contributed by atoms with Gasteiger partial charge >= 0.3 is 0 Å². The Bertz CT molecular complexity index is 965. The molecular formula is C20H26N6O2S. The van der Waals surface area contributed by atoms with Crippen molar-refractivity contribution in [3.8, 4) is 0 Å². The van der Waals surface area contributed by atoms with Gasteiger partial charge in [0.1, 0.15) is 19.2 Å². The molecule has 0 N–H and O–H groups in total. The molecule has 29 heavy (non-hydrogen) atoms. The number of hydrogen-bond acceptors (Lipinski definition) is 7. The van der Waals surface area contributed by atoms with Crippen LogP contribution in [0.4, 0.5) is 5.13 Å². The molecule has 1 aromatic carbocycles. The van der Waals surface area contributed by atoms with Crippen molar-refractivity contribution in [3.05, 3.63) is 35.9 Å². The lowest BCUT2D eigenvalue weighted by atomic mass is 10.1. The fraction of sp³-hybridized carbons (Fsp3) is 0.500. The predicted octanol–water partition coefficient (Wildman–Crippen LogP) is 2.26. The van der Waals surface area contributed by atoms with Gasteiger partial charge in [-0.2, -0.15) is 5.10 Å². The second kappa shape index (κ2) is 8.98. The number of ether oxygens (including phenoxy) is 1. The van der Waals surface area contributed by atoms with Gasteiger partial charge in [0.05, 0.1) is 23.4 Å². The molecule has 1 fully saturated rings. The van der Waals surface area contributed by atoms with Crippen molar-refractivity contribution in [2.75, 3.05) is 44.3 Å². The molecule has 0 bridgehead atoms. The van der Waals surface area contributed by atoms with Gasteiger partial charge in [-0.15, -0.1) is 0 Å². The lowest BCUT2D eigenvalue weighted by Crippen LogP contribution is -2.40. The Balaban J connectivity index is 1.53. The highest BCUT2D eigenvalue weighted by Crippen LogP contribution is 2.32. The Morgan fingerprint density at radius 3 is 2.86 bits per heavy atom. The summed E-state index contributed by atoms with van der Waals surface area (Å²) in [5, 5.41) is 4.82. The molecule has 1 amide bonds. The maximum Gasteiger partial charge on any atom is 0.250 e. The lowest BCUT2D eigenvalue weighted by molar-refractivity contribution is -0.119. The molecule has 0 unspecified atom stereocenters. The highest BCUT2D eigenvalue weighted by molar-refractivity contribution is 7.22. The van der Waals surface area contributed by atoms with Gasteiger partial charge in [-0.05, 0) is 37.5 Å². The Labute approximate surface area is 174 Å². The molecule has 0 atom stereocenters. The van der Waals surface area contributed by atoms with E-state index in [0.717, 1.165) is 54.6 Å². The minimum atomic E-state index is -0.0223. The highest BCUT2D eigenvalue weighted by Gasteiger charge is 2.21. The van der Waals surface area contributed by atoms with E-state index in [1.807, 2.05) is 4.90 Å². The number of aromatic nitrogens is 4. The summed E-state index contributed by atoms with van der Waals surface area (Å²) in [7, 11) is 0. The van der Waals surface area contributed by atoms with E-state index in [4.69, 9.17) is 9.72 Å². The molecule has 0 radical (unpaired) electrons. The maximum atomic E-state index is 13.1. The first kappa shape index (κ1) is 19.9. The molecule has 1 aliphatic rings. The number of morpholine rings is 1. The lowest BCUT2D eigenvalue weighted by Gasteiger charge is -2.27. The third kappa shape index (κ3) is 4.80. The molecule has 1 aliphatic heterocycles. The maximum absolute atomic E-state index is 13.1. The van der Waals surface area contributed by atoms with Gasteiger partial charge in [0.15, 0.2) is 5.13 Å². The van der Waals surface area contributed by atoms with Crippen molar-refractivity contribution in [1.82, 2.24) is 24.6 Å². The van der Waals surface area contributed by atoms with Crippen LogP contribution in [0.25, 0.3) is 10.2 Å². The molecule has 0 spiro atoms. The van der Waals surface area contributed by atoms with Crippen LogP contribution in [0, 0.1) is 13.8 Å². The Morgan fingerprint density at radius 2 is 2.10 bits per heavy atom. The number of rotatable bonds is 7. The van der Waals surface area contributed by atoms with E-state index in [0.29, 0.717) is 6.54 Å². The van der Waals surface area contributed by atoms with E-state index >= 15 is 0 Å². The van der Waals surface area contributed by atoms with Crippen LogP contribution in [-0.2, 0) is 16.1 Å². The van der Waals surface area contributed by atoms with E-state index in [-0.39, 0.29) is 12.5 Å². The second-order valence-electron chi connectivity index (χ2n) is 7.37. The van der Waals surface area contributed by atoms with Crippen molar-refractivity contribution in [2.24, 2.45) is 0 Å². The number of anilines is 1. The number of hydrogen-bond donors (Lipinski definition) is 0. The Morgan fingerprint density at radius 1 is 1.28 bits per heavy atom. The van der Waals surface area contributed by atoms with Crippen LogP contribution in [0.5, 0.6) is 0 Å². The molecule has 9 heteroatoms. The van der Waals surface area contributed by atoms with Crippen LogP contribution < -0.4 is 4.90 Å². The van der Waals surface area contributed by atoms with Crippen molar-refractivity contribution < 1.29 is 9.53 Å². The van der Waals surface area contributed by atoms with Gasteiger partial charge in [-0.3, -0.25) is 14.6 Å². The van der Waals surface area contributed by atoms with Gasteiger partial charge in [0, 0.05) is 26.2 Å². The van der Waals surface area contributed by atoms with Gasteiger partial charge < -0.3 is 4.74 Å². The number of amides is 1. The molecule has 8 nitrogen and oxygen atoms in total. The molecule has 4 rings (SSSR count). The molecule has 3 aromatic rings. The summed E-state index contributed by atoms with van der Waals surface area (Å²) in [4.78, 5) is 26.0. The Hall–Kier alpha value is -2.36. The normalized spacial score (nSPS) is 15.1. The van der Waals surface area contributed by atoms with E-state index < -0.39 is 0 Å². The van der Waals surface area contributed by atoms with E-state index in [9.17, 15) is 4.79 Å². The van der Waals surface area contributed by atoms with Gasteiger partial charge in [-0.25, -0.2) is 14.6 Å². The molecule has 1 saturated heterocycles. The summed E-state index contributed by atoms with van der Waals surface area (Å²) in [5.74, 6) is -0.0223. The van der Waals surface area contributed by atoms with Gasteiger partial charge in [0.2, 0.25) is 0 Å². The standard InChI is InChI=1S/C20H26N6O2S/c1-15-10-16(2)19-17(11-15)23-20(29-19)26(18(27)12-25-14-21-13-22-25)5-3-4-24-6-8-28-9-7-24/h10-11,13-14H,3-9,12H2,1-2H3. The average Bonchev–Trinajstić information content (AvgIpc) is 3.36. The fourth-order valence-electron chi connectivity index (χ4n) is 3.62. The number of carbonyl (C=O) groups is 1. The summed E-state index contributed by atoms with van der Waals surface area (Å²) < 4.78 is 8.11. The SMILES string of the molecule is Cc1cc(C)c2sc(N(CCCN3CCOCC3)C(=O)Cn3cncn3)nc2c1. The van der Waals surface area contributed by atoms with Crippen LogP contribution in [0.3, 0.4) is 0 Å². The number of carbonyl (C=O) groups excluding carboxylic acids is 1. The summed E-state index contributed by atoms with van der Waals surface area (Å²) in [5.41, 5.74) is 3.33. The van der Waals surface area contributed by atoms with E-state index in [1.165, 1.54) is 17.5 Å². The molecular weight excluding hydrogens is 388 g/mol. The molecule has 0 aliphatic carbocycles. The molecule has 154 valence electrons. The largest absolute Gasteiger partial charge is 0.379 e. The van der Waals surface area contributed by atoms with E-state index in [1.54, 1.807) is 22.3 Å². The van der Waals surface area contributed by atoms with Crippen molar-refractivity contribution in [1.29, 1.82) is 0 Å².